The maximum absolute atomic E-state index is 12.1. The van der Waals surface area contributed by atoms with Gasteiger partial charge in [0.05, 0.1) is 0 Å². The molecule has 2 amide bonds. The van der Waals surface area contributed by atoms with E-state index in [1.54, 1.807) is 34.6 Å². The van der Waals surface area contributed by atoms with Crippen LogP contribution in [0.25, 0.3) is 0 Å². The van der Waals surface area contributed by atoms with Crippen LogP contribution in [0.2, 0.25) is 0 Å². The maximum Gasteiger partial charge on any atom is 0.326 e. The molecule has 6 heteroatoms. The molecule has 0 aliphatic heterocycles. The second kappa shape index (κ2) is 6.54. The van der Waals surface area contributed by atoms with Crippen LogP contribution in [0.15, 0.2) is 0 Å². The monoisotopic (exact) mass is 272 g/mol. The molecule has 0 bridgehead atoms. The van der Waals surface area contributed by atoms with Gasteiger partial charge in [0.1, 0.15) is 12.1 Å². The van der Waals surface area contributed by atoms with Crippen molar-refractivity contribution in [3.8, 4) is 0 Å². The van der Waals surface area contributed by atoms with Crippen molar-refractivity contribution in [1.29, 1.82) is 0 Å². The Balaban J connectivity index is 4.97. The van der Waals surface area contributed by atoms with Crippen molar-refractivity contribution in [2.24, 2.45) is 11.3 Å². The standard InChI is InChI=1S/C13H24N2O4/c1-7(2)9(14-8(3)16)11(17)15-10(12(18)19)13(4,5)6/h7,9-10H,1-6H3,(H,14,16)(H,15,17)(H,18,19)/t9?,10-/m0/s1. The van der Waals surface area contributed by atoms with Gasteiger partial charge in [0.2, 0.25) is 11.8 Å². The van der Waals surface area contributed by atoms with E-state index in [2.05, 4.69) is 10.6 Å². The molecule has 0 aromatic carbocycles. The number of amides is 2. The van der Waals surface area contributed by atoms with Gasteiger partial charge in [0.15, 0.2) is 0 Å². The van der Waals surface area contributed by atoms with E-state index < -0.39 is 29.4 Å². The zero-order valence-electron chi connectivity index (χ0n) is 12.4. The van der Waals surface area contributed by atoms with Crippen molar-refractivity contribution in [1.82, 2.24) is 10.6 Å². The van der Waals surface area contributed by atoms with Crippen LogP contribution in [0.4, 0.5) is 0 Å². The first-order chi connectivity index (χ1) is 8.46. The Morgan fingerprint density at radius 1 is 1.05 bits per heavy atom. The molecule has 0 aromatic heterocycles. The van der Waals surface area contributed by atoms with Crippen LogP contribution in [-0.2, 0) is 14.4 Å². The minimum absolute atomic E-state index is 0.127. The van der Waals surface area contributed by atoms with Gasteiger partial charge in [-0.2, -0.15) is 0 Å². The molecule has 0 saturated carbocycles. The molecule has 0 spiro atoms. The largest absolute Gasteiger partial charge is 0.480 e. The number of carbonyl (C=O) groups is 3. The number of aliphatic carboxylic acids is 1. The molecule has 0 radical (unpaired) electrons. The summed E-state index contributed by atoms with van der Waals surface area (Å²) in [5.74, 6) is -2.02. The van der Waals surface area contributed by atoms with Crippen molar-refractivity contribution in [3.63, 3.8) is 0 Å². The van der Waals surface area contributed by atoms with Gasteiger partial charge in [-0.25, -0.2) is 4.79 Å². The fourth-order valence-corrected chi connectivity index (χ4v) is 1.63. The molecule has 6 nitrogen and oxygen atoms in total. The van der Waals surface area contributed by atoms with E-state index in [0.29, 0.717) is 0 Å². The molecule has 0 aliphatic rings. The molecule has 0 fully saturated rings. The van der Waals surface area contributed by atoms with Gasteiger partial charge in [-0.1, -0.05) is 34.6 Å². The van der Waals surface area contributed by atoms with Crippen LogP contribution in [0.5, 0.6) is 0 Å². The predicted molar refractivity (Wildman–Crippen MR) is 71.5 cm³/mol. The zero-order chi connectivity index (χ0) is 15.4. The Bertz CT molecular complexity index is 358. The summed E-state index contributed by atoms with van der Waals surface area (Å²) in [5, 5.41) is 14.2. The number of carboxylic acids is 1. The fourth-order valence-electron chi connectivity index (χ4n) is 1.63. The van der Waals surface area contributed by atoms with E-state index in [0.717, 1.165) is 0 Å². The number of hydrogen-bond donors (Lipinski definition) is 3. The van der Waals surface area contributed by atoms with Gasteiger partial charge in [0.25, 0.3) is 0 Å². The molecule has 0 heterocycles. The van der Waals surface area contributed by atoms with Crippen LogP contribution in [-0.4, -0.2) is 35.0 Å². The highest BCUT2D eigenvalue weighted by Gasteiger charge is 2.35. The van der Waals surface area contributed by atoms with Crippen molar-refractivity contribution < 1.29 is 19.5 Å². The summed E-state index contributed by atoms with van der Waals surface area (Å²) in [4.78, 5) is 34.4. The van der Waals surface area contributed by atoms with Crippen LogP contribution < -0.4 is 10.6 Å². The highest BCUT2D eigenvalue weighted by atomic mass is 16.4. The zero-order valence-corrected chi connectivity index (χ0v) is 12.4. The molecule has 1 unspecified atom stereocenters. The molecule has 19 heavy (non-hydrogen) atoms. The quantitative estimate of drug-likeness (QED) is 0.688. The lowest BCUT2D eigenvalue weighted by molar-refractivity contribution is -0.145. The maximum atomic E-state index is 12.1. The van der Waals surface area contributed by atoms with E-state index in [9.17, 15) is 14.4 Å². The van der Waals surface area contributed by atoms with Crippen LogP contribution >= 0.6 is 0 Å². The summed E-state index contributed by atoms with van der Waals surface area (Å²) in [6, 6.07) is -1.74. The molecule has 110 valence electrons. The number of rotatable bonds is 5. The van der Waals surface area contributed by atoms with Gasteiger partial charge in [-0.15, -0.1) is 0 Å². The third kappa shape index (κ3) is 5.72. The predicted octanol–water partition coefficient (Wildman–Crippen LogP) is 0.763. The molecule has 0 aromatic rings. The van der Waals surface area contributed by atoms with E-state index in [1.165, 1.54) is 6.92 Å². The van der Waals surface area contributed by atoms with E-state index in [1.807, 2.05) is 0 Å². The first-order valence-electron chi connectivity index (χ1n) is 6.27. The van der Waals surface area contributed by atoms with Crippen molar-refractivity contribution in [3.05, 3.63) is 0 Å². The number of carbonyl (C=O) groups excluding carboxylic acids is 2. The third-order valence-corrected chi connectivity index (χ3v) is 2.71. The average Bonchev–Trinajstić information content (AvgIpc) is 2.19. The lowest BCUT2D eigenvalue weighted by Crippen LogP contribution is -2.56. The topological polar surface area (TPSA) is 95.5 Å². The lowest BCUT2D eigenvalue weighted by Gasteiger charge is -2.30. The minimum atomic E-state index is -1.09. The first-order valence-corrected chi connectivity index (χ1v) is 6.27. The van der Waals surface area contributed by atoms with Gasteiger partial charge in [-0.05, 0) is 11.3 Å². The SMILES string of the molecule is CC(=O)NC(C(=O)N[C@@H](C(=O)O)C(C)(C)C)C(C)C. The van der Waals surface area contributed by atoms with Gasteiger partial charge < -0.3 is 15.7 Å². The average molecular weight is 272 g/mol. The minimum Gasteiger partial charge on any atom is -0.480 e. The summed E-state index contributed by atoms with van der Waals surface area (Å²) in [5.41, 5.74) is -0.612. The van der Waals surface area contributed by atoms with E-state index in [-0.39, 0.29) is 11.8 Å². The number of carboxylic acid groups (broad SMARTS) is 1. The second-order valence-electron chi connectivity index (χ2n) is 6.07. The molecule has 2 atom stereocenters. The summed E-state index contributed by atoms with van der Waals surface area (Å²) in [6.45, 7) is 10.1. The fraction of sp³-hybridized carbons (Fsp3) is 0.769. The van der Waals surface area contributed by atoms with E-state index in [4.69, 9.17) is 5.11 Å². The van der Waals surface area contributed by atoms with Crippen LogP contribution in [0, 0.1) is 11.3 Å². The van der Waals surface area contributed by atoms with Crippen molar-refractivity contribution in [2.75, 3.05) is 0 Å². The second-order valence-corrected chi connectivity index (χ2v) is 6.07. The number of hydrogen-bond acceptors (Lipinski definition) is 3. The van der Waals surface area contributed by atoms with Crippen molar-refractivity contribution in [2.45, 2.75) is 53.6 Å². The summed E-state index contributed by atoms with van der Waals surface area (Å²) < 4.78 is 0. The van der Waals surface area contributed by atoms with Gasteiger partial charge in [0, 0.05) is 6.92 Å². The smallest absolute Gasteiger partial charge is 0.326 e. The Kier molecular flexibility index (Phi) is 5.99. The third-order valence-electron chi connectivity index (χ3n) is 2.71. The Labute approximate surface area is 113 Å². The summed E-state index contributed by atoms with van der Waals surface area (Å²) in [7, 11) is 0. The van der Waals surface area contributed by atoms with E-state index >= 15 is 0 Å². The molecular weight excluding hydrogens is 248 g/mol. The highest BCUT2D eigenvalue weighted by Crippen LogP contribution is 2.19. The Morgan fingerprint density at radius 2 is 1.53 bits per heavy atom. The summed E-state index contributed by atoms with van der Waals surface area (Å²) in [6.07, 6.45) is 0. The van der Waals surface area contributed by atoms with Crippen LogP contribution in [0.3, 0.4) is 0 Å². The molecule has 0 saturated heterocycles. The lowest BCUT2D eigenvalue weighted by atomic mass is 9.86. The highest BCUT2D eigenvalue weighted by molar-refractivity contribution is 5.90. The van der Waals surface area contributed by atoms with Crippen LogP contribution in [0.1, 0.15) is 41.5 Å². The normalized spacial score (nSPS) is 14.7. The number of nitrogens with one attached hydrogen (secondary N) is 2. The van der Waals surface area contributed by atoms with Gasteiger partial charge in [-0.3, -0.25) is 9.59 Å². The Morgan fingerprint density at radius 3 is 1.79 bits per heavy atom. The van der Waals surface area contributed by atoms with Crippen molar-refractivity contribution >= 4 is 17.8 Å². The first kappa shape index (κ1) is 17.4. The molecule has 0 rings (SSSR count). The summed E-state index contributed by atoms with van der Waals surface area (Å²) >= 11 is 0. The molecular formula is C13H24N2O4. The Hall–Kier alpha value is -1.59. The molecule has 3 N–H and O–H groups in total. The van der Waals surface area contributed by atoms with Gasteiger partial charge >= 0.3 is 5.97 Å². The molecule has 0 aliphatic carbocycles.